The van der Waals surface area contributed by atoms with E-state index in [1.54, 1.807) is 6.20 Å². The van der Waals surface area contributed by atoms with E-state index in [0.29, 0.717) is 0 Å². The Kier molecular flexibility index (Phi) is 6.12. The Hall–Kier alpha value is -4.66. The number of fused-ring (bicyclic) bond motifs is 1. The number of pyridine rings is 2. The second-order valence-electron chi connectivity index (χ2n) is 8.21. The predicted molar refractivity (Wildman–Crippen MR) is 129 cm³/mol. The Morgan fingerprint density at radius 1 is 0.972 bits per heavy atom. The molecule has 36 heavy (non-hydrogen) atoms. The molecule has 0 atom stereocenters. The lowest BCUT2D eigenvalue weighted by molar-refractivity contribution is 0.0948. The minimum absolute atomic E-state index is 0.0513. The first-order chi connectivity index (χ1) is 17.4. The number of carbonyl (C=O) groups is 1. The first kappa shape index (κ1) is 23.1. The number of nitrogens with one attached hydrogen (secondary N) is 2. The van der Waals surface area contributed by atoms with Gasteiger partial charge in [-0.3, -0.25) is 9.59 Å². The molecular weight excluding hydrogens is 469 g/mol. The van der Waals surface area contributed by atoms with E-state index in [1.807, 2.05) is 42.6 Å². The van der Waals surface area contributed by atoms with E-state index in [9.17, 15) is 22.8 Å². The zero-order chi connectivity index (χ0) is 25.2. The summed E-state index contributed by atoms with van der Waals surface area (Å²) in [4.78, 5) is 33.0. The number of rotatable bonds is 6. The van der Waals surface area contributed by atoms with Crippen molar-refractivity contribution in [2.24, 2.45) is 0 Å². The lowest BCUT2D eigenvalue weighted by atomic mass is 10.0. The van der Waals surface area contributed by atoms with Crippen LogP contribution in [0.15, 0.2) is 84.0 Å². The van der Waals surface area contributed by atoms with E-state index < -0.39 is 28.9 Å². The van der Waals surface area contributed by atoms with Crippen molar-refractivity contribution in [1.82, 2.24) is 19.9 Å². The number of nitrogens with zero attached hydrogens (tertiary/aromatic N) is 2. The van der Waals surface area contributed by atoms with Gasteiger partial charge in [0.25, 0.3) is 11.5 Å². The maximum Gasteiger partial charge on any atom is 0.263 e. The molecule has 0 spiro atoms. The number of aromatic amines is 1. The summed E-state index contributed by atoms with van der Waals surface area (Å²) in [5.74, 6) is -4.87. The highest BCUT2D eigenvalue weighted by Crippen LogP contribution is 2.28. The van der Waals surface area contributed by atoms with Gasteiger partial charge in [-0.05, 0) is 59.2 Å². The topological polar surface area (TPSA) is 79.8 Å². The number of hydrogen-bond acceptors (Lipinski definition) is 3. The maximum absolute atomic E-state index is 13.5. The van der Waals surface area contributed by atoms with E-state index in [2.05, 4.69) is 15.3 Å². The standard InChI is InChI=1S/C27H19F3N4O2/c28-22-11-17(12-23(29)24(22)30)15-34-9-3-7-20(27(34)36)26(35)33-13-16-4-1-5-18(10-16)21-14-32-25-19(21)6-2-8-31-25/h1-12,14H,13,15H2,(H,31,32)(H,33,35). The summed E-state index contributed by atoms with van der Waals surface area (Å²) in [6.07, 6.45) is 4.97. The third-order valence-corrected chi connectivity index (χ3v) is 5.80. The molecular formula is C27H19F3N4O2. The molecule has 0 aliphatic rings. The third kappa shape index (κ3) is 4.50. The highest BCUT2D eigenvalue weighted by atomic mass is 19.2. The molecule has 180 valence electrons. The van der Waals surface area contributed by atoms with Gasteiger partial charge in [-0.1, -0.05) is 18.2 Å². The Bertz CT molecular complexity index is 1640. The summed E-state index contributed by atoms with van der Waals surface area (Å²) >= 11 is 0. The zero-order valence-corrected chi connectivity index (χ0v) is 18.8. The molecule has 3 heterocycles. The number of benzene rings is 2. The molecule has 5 rings (SSSR count). The second kappa shape index (κ2) is 9.53. The largest absolute Gasteiger partial charge is 0.348 e. The van der Waals surface area contributed by atoms with Gasteiger partial charge in [0.15, 0.2) is 17.5 Å². The number of hydrogen-bond donors (Lipinski definition) is 2. The summed E-state index contributed by atoms with van der Waals surface area (Å²) in [7, 11) is 0. The zero-order valence-electron chi connectivity index (χ0n) is 18.8. The Morgan fingerprint density at radius 3 is 2.58 bits per heavy atom. The SMILES string of the molecule is O=C(NCc1cccc(-c2c[nH]c3ncccc23)c1)c1cccn(Cc2cc(F)c(F)c(F)c2)c1=O. The molecule has 0 aliphatic heterocycles. The van der Waals surface area contributed by atoms with Crippen molar-refractivity contribution >= 4 is 16.9 Å². The minimum Gasteiger partial charge on any atom is -0.348 e. The predicted octanol–water partition coefficient (Wildman–Crippen LogP) is 4.79. The molecule has 5 aromatic rings. The summed E-state index contributed by atoms with van der Waals surface area (Å²) in [5.41, 5.74) is 2.81. The average Bonchev–Trinajstić information content (AvgIpc) is 3.31. The molecule has 3 aromatic heterocycles. The van der Waals surface area contributed by atoms with E-state index in [0.717, 1.165) is 44.4 Å². The van der Waals surface area contributed by atoms with Crippen LogP contribution in [0.5, 0.6) is 0 Å². The summed E-state index contributed by atoms with van der Waals surface area (Å²) in [5, 5.41) is 3.72. The van der Waals surface area contributed by atoms with Crippen molar-refractivity contribution in [3.05, 3.63) is 124 Å². The molecule has 0 fully saturated rings. The van der Waals surface area contributed by atoms with Crippen molar-refractivity contribution in [2.45, 2.75) is 13.1 Å². The molecule has 1 amide bonds. The van der Waals surface area contributed by atoms with Gasteiger partial charge in [0.05, 0.1) is 6.54 Å². The normalized spacial score (nSPS) is 11.1. The van der Waals surface area contributed by atoms with Gasteiger partial charge >= 0.3 is 0 Å². The highest BCUT2D eigenvalue weighted by molar-refractivity contribution is 5.94. The Balaban J connectivity index is 1.32. The van der Waals surface area contributed by atoms with Gasteiger partial charge in [-0.15, -0.1) is 0 Å². The van der Waals surface area contributed by atoms with Gasteiger partial charge in [0.1, 0.15) is 11.2 Å². The maximum atomic E-state index is 13.5. The molecule has 0 saturated heterocycles. The second-order valence-corrected chi connectivity index (χ2v) is 8.21. The fraction of sp³-hybridized carbons (Fsp3) is 0.0741. The average molecular weight is 488 g/mol. The first-order valence-electron chi connectivity index (χ1n) is 11.0. The van der Waals surface area contributed by atoms with Crippen molar-refractivity contribution < 1.29 is 18.0 Å². The monoisotopic (exact) mass is 488 g/mol. The van der Waals surface area contributed by atoms with E-state index in [1.165, 1.54) is 18.3 Å². The van der Waals surface area contributed by atoms with Crippen LogP contribution in [0.25, 0.3) is 22.2 Å². The van der Waals surface area contributed by atoms with Gasteiger partial charge in [0, 0.05) is 36.1 Å². The minimum atomic E-state index is -1.58. The van der Waals surface area contributed by atoms with Crippen LogP contribution in [0.3, 0.4) is 0 Å². The molecule has 2 N–H and O–H groups in total. The van der Waals surface area contributed by atoms with Crippen molar-refractivity contribution in [2.75, 3.05) is 0 Å². The molecule has 2 aromatic carbocycles. The lowest BCUT2D eigenvalue weighted by Gasteiger charge is -2.10. The van der Waals surface area contributed by atoms with E-state index in [4.69, 9.17) is 0 Å². The molecule has 9 heteroatoms. The molecule has 0 unspecified atom stereocenters. The Morgan fingerprint density at radius 2 is 1.78 bits per heavy atom. The third-order valence-electron chi connectivity index (χ3n) is 5.80. The van der Waals surface area contributed by atoms with Crippen LogP contribution >= 0.6 is 0 Å². The Labute approximate surface area is 203 Å². The van der Waals surface area contributed by atoms with Gasteiger partial charge in [-0.2, -0.15) is 0 Å². The number of amides is 1. The number of carbonyl (C=O) groups excluding carboxylic acids is 1. The highest BCUT2D eigenvalue weighted by Gasteiger charge is 2.15. The summed E-state index contributed by atoms with van der Waals surface area (Å²) in [6, 6.07) is 15.9. The molecule has 0 radical (unpaired) electrons. The molecule has 0 aliphatic carbocycles. The van der Waals surface area contributed by atoms with Crippen LogP contribution in [-0.2, 0) is 13.1 Å². The van der Waals surface area contributed by atoms with Crippen LogP contribution in [0, 0.1) is 17.5 Å². The first-order valence-corrected chi connectivity index (χ1v) is 11.0. The van der Waals surface area contributed by atoms with Crippen molar-refractivity contribution in [3.63, 3.8) is 0 Å². The van der Waals surface area contributed by atoms with E-state index >= 15 is 0 Å². The van der Waals surface area contributed by atoms with Crippen LogP contribution in [0.1, 0.15) is 21.5 Å². The van der Waals surface area contributed by atoms with Gasteiger partial charge in [-0.25, -0.2) is 18.2 Å². The smallest absolute Gasteiger partial charge is 0.263 e. The fourth-order valence-corrected chi connectivity index (χ4v) is 4.05. The summed E-state index contributed by atoms with van der Waals surface area (Å²) in [6.45, 7) is -0.0500. The quantitative estimate of drug-likeness (QED) is 0.338. The van der Waals surface area contributed by atoms with Gasteiger partial charge < -0.3 is 14.9 Å². The number of H-pyrrole nitrogens is 1. The van der Waals surface area contributed by atoms with Crippen LogP contribution < -0.4 is 10.9 Å². The molecule has 6 nitrogen and oxygen atoms in total. The lowest BCUT2D eigenvalue weighted by Crippen LogP contribution is -2.32. The summed E-state index contributed by atoms with van der Waals surface area (Å²) < 4.78 is 41.4. The van der Waals surface area contributed by atoms with Crippen LogP contribution in [-0.4, -0.2) is 20.4 Å². The molecule has 0 bridgehead atoms. The molecule has 0 saturated carbocycles. The van der Waals surface area contributed by atoms with Crippen molar-refractivity contribution in [1.29, 1.82) is 0 Å². The van der Waals surface area contributed by atoms with Gasteiger partial charge in [0.2, 0.25) is 0 Å². The number of halogens is 3. The fourth-order valence-electron chi connectivity index (χ4n) is 4.05. The van der Waals surface area contributed by atoms with Crippen LogP contribution in [0.4, 0.5) is 13.2 Å². The van der Waals surface area contributed by atoms with Crippen LogP contribution in [0.2, 0.25) is 0 Å². The van der Waals surface area contributed by atoms with E-state index in [-0.39, 0.29) is 24.2 Å². The number of aromatic nitrogens is 3. The van der Waals surface area contributed by atoms with Crippen molar-refractivity contribution in [3.8, 4) is 11.1 Å².